The van der Waals surface area contributed by atoms with E-state index in [-0.39, 0.29) is 32.5 Å². The first-order chi connectivity index (χ1) is 28.6. The molecule has 3 aromatic rings. The van der Waals surface area contributed by atoms with Crippen molar-refractivity contribution in [3.05, 3.63) is 76.9 Å². The van der Waals surface area contributed by atoms with Crippen LogP contribution in [0.15, 0.2) is 60.0 Å². The van der Waals surface area contributed by atoms with Crippen molar-refractivity contribution in [3.8, 4) is 17.0 Å². The predicted molar refractivity (Wildman–Crippen MR) is 209 cm³/mol. The van der Waals surface area contributed by atoms with E-state index in [1.165, 1.54) is 51.5 Å². The summed E-state index contributed by atoms with van der Waals surface area (Å²) in [4.78, 5) is 63.5. The Morgan fingerprint density at radius 3 is 2.53 bits per heavy atom. The van der Waals surface area contributed by atoms with Crippen molar-refractivity contribution in [1.82, 2.24) is 24.8 Å². The molecule has 320 valence electrons. The summed E-state index contributed by atoms with van der Waals surface area (Å²) >= 11 is 1.17. The SMILES string of the molecule is O=C1N[C@]2(C(=O)NS(=O)(=O)C3CC3)C[C@H]2C=CCCCCC[C@H](Nc2nc(-c3ccc(OC(F)(F)F)cc3)cs2)C(=O)N2C[C@H](OC(=O)N3Cc4cccc(F)c4C3)C[C@@H]12. The van der Waals surface area contributed by atoms with Gasteiger partial charge in [0.15, 0.2) is 5.13 Å². The molecule has 0 bridgehead atoms. The molecule has 2 aromatic carbocycles. The van der Waals surface area contributed by atoms with Crippen molar-refractivity contribution >= 4 is 50.3 Å². The zero-order valence-corrected chi connectivity index (χ0v) is 33.7. The van der Waals surface area contributed by atoms with E-state index in [1.807, 2.05) is 12.2 Å². The van der Waals surface area contributed by atoms with Gasteiger partial charge in [0, 0.05) is 35.4 Å². The summed E-state index contributed by atoms with van der Waals surface area (Å²) in [7, 11) is -3.96. The Kier molecular flexibility index (Phi) is 11.3. The van der Waals surface area contributed by atoms with Crippen LogP contribution in [0.2, 0.25) is 0 Å². The highest BCUT2D eigenvalue weighted by Crippen LogP contribution is 2.46. The molecule has 4 heterocycles. The molecule has 14 nitrogen and oxygen atoms in total. The highest BCUT2D eigenvalue weighted by molar-refractivity contribution is 7.91. The van der Waals surface area contributed by atoms with Crippen LogP contribution in [0.25, 0.3) is 11.3 Å². The van der Waals surface area contributed by atoms with E-state index in [1.54, 1.807) is 17.5 Å². The number of sulfonamides is 1. The first-order valence-corrected chi connectivity index (χ1v) is 22.2. The number of hydrogen-bond acceptors (Lipinski definition) is 11. The number of nitrogens with one attached hydrogen (secondary N) is 3. The van der Waals surface area contributed by atoms with E-state index in [9.17, 15) is 45.2 Å². The van der Waals surface area contributed by atoms with Gasteiger partial charge in [-0.15, -0.1) is 24.5 Å². The number of carbonyl (C=O) groups is 4. The second kappa shape index (κ2) is 16.3. The number of anilines is 1. The summed E-state index contributed by atoms with van der Waals surface area (Å²) in [6, 6.07) is 7.59. The van der Waals surface area contributed by atoms with Gasteiger partial charge in [0.05, 0.1) is 24.0 Å². The van der Waals surface area contributed by atoms with Crippen LogP contribution in [0.3, 0.4) is 0 Å². The number of nitrogens with zero attached hydrogens (tertiary/aromatic N) is 3. The summed E-state index contributed by atoms with van der Waals surface area (Å²) in [5.74, 6) is -3.44. The molecule has 2 aliphatic carbocycles. The van der Waals surface area contributed by atoms with Gasteiger partial charge in [-0.05, 0) is 74.4 Å². The molecular formula is C40H42F4N6O8S2. The number of rotatable bonds is 8. The molecule has 1 saturated heterocycles. The zero-order chi connectivity index (χ0) is 42.4. The van der Waals surface area contributed by atoms with Crippen LogP contribution >= 0.6 is 11.3 Å². The van der Waals surface area contributed by atoms with Gasteiger partial charge in [-0.25, -0.2) is 22.6 Å². The average molecular weight is 875 g/mol. The van der Waals surface area contributed by atoms with Crippen molar-refractivity contribution in [2.75, 3.05) is 11.9 Å². The van der Waals surface area contributed by atoms with E-state index >= 15 is 0 Å². The van der Waals surface area contributed by atoms with E-state index in [0.717, 1.165) is 12.8 Å². The lowest BCUT2D eigenvalue weighted by molar-refractivity contribution is -0.274. The lowest BCUT2D eigenvalue weighted by Gasteiger charge is -2.29. The third-order valence-electron chi connectivity index (χ3n) is 11.5. The van der Waals surface area contributed by atoms with Gasteiger partial charge in [-0.3, -0.25) is 24.0 Å². The smallest absolute Gasteiger partial charge is 0.444 e. The summed E-state index contributed by atoms with van der Waals surface area (Å²) in [5.41, 5.74) is 0.346. The number of alkyl halides is 3. The monoisotopic (exact) mass is 874 g/mol. The zero-order valence-electron chi connectivity index (χ0n) is 32.1. The maximum absolute atomic E-state index is 14.7. The average Bonchev–Trinajstić information content (AvgIpc) is 3.99. The second-order valence-corrected chi connectivity index (χ2v) is 18.6. The minimum atomic E-state index is -4.85. The minimum absolute atomic E-state index is 0.0241. The normalized spacial score (nSPS) is 25.9. The molecule has 5 atom stereocenters. The van der Waals surface area contributed by atoms with Crippen molar-refractivity contribution in [2.24, 2.45) is 5.92 Å². The van der Waals surface area contributed by atoms with E-state index in [4.69, 9.17) is 4.74 Å². The fourth-order valence-electron chi connectivity index (χ4n) is 8.02. The molecule has 8 rings (SSSR count). The number of thiazole rings is 1. The van der Waals surface area contributed by atoms with E-state index < -0.39 is 86.7 Å². The Balaban J connectivity index is 1.04. The van der Waals surface area contributed by atoms with Crippen molar-refractivity contribution < 1.29 is 54.6 Å². The molecule has 60 heavy (non-hydrogen) atoms. The van der Waals surface area contributed by atoms with Gasteiger partial charge in [0.1, 0.15) is 35.3 Å². The molecule has 3 N–H and O–H groups in total. The quantitative estimate of drug-likeness (QED) is 0.187. The fourth-order valence-corrected chi connectivity index (χ4v) is 10.2. The number of carbonyl (C=O) groups excluding carboxylic acids is 4. The number of hydrogen-bond donors (Lipinski definition) is 3. The molecule has 4 amide bonds. The Labute approximate surface area is 346 Å². The summed E-state index contributed by atoms with van der Waals surface area (Å²) in [5, 5.41) is 7.33. The molecular weight excluding hydrogens is 833 g/mol. The maximum Gasteiger partial charge on any atom is 0.573 e. The molecule has 3 aliphatic heterocycles. The van der Waals surface area contributed by atoms with Crippen LogP contribution in [0.1, 0.15) is 68.9 Å². The number of allylic oxidation sites excluding steroid dienone is 1. The fraction of sp³-hybridized carbons (Fsp3) is 0.475. The topological polar surface area (TPSA) is 176 Å². The van der Waals surface area contributed by atoms with Crippen molar-refractivity contribution in [1.29, 1.82) is 0 Å². The van der Waals surface area contributed by atoms with Gasteiger partial charge in [0.2, 0.25) is 21.8 Å². The Hall–Kier alpha value is -5.24. The molecule has 2 saturated carbocycles. The van der Waals surface area contributed by atoms with Gasteiger partial charge >= 0.3 is 12.5 Å². The third-order valence-corrected chi connectivity index (χ3v) is 14.1. The van der Waals surface area contributed by atoms with Crippen molar-refractivity contribution in [2.45, 2.75) is 106 Å². The lowest BCUT2D eigenvalue weighted by atomic mass is 10.1. The lowest BCUT2D eigenvalue weighted by Crippen LogP contribution is -2.57. The number of halogens is 4. The summed E-state index contributed by atoms with van der Waals surface area (Å²) < 4.78 is 90.3. The summed E-state index contributed by atoms with van der Waals surface area (Å²) in [6.45, 7) is -0.109. The Morgan fingerprint density at radius 1 is 1.02 bits per heavy atom. The van der Waals surface area contributed by atoms with Gasteiger partial charge < -0.3 is 25.0 Å². The van der Waals surface area contributed by atoms with Crippen LogP contribution in [0, 0.1) is 11.7 Å². The second-order valence-electron chi connectivity index (χ2n) is 15.8. The maximum atomic E-state index is 14.7. The Bertz CT molecular complexity index is 2300. The molecule has 0 spiro atoms. The van der Waals surface area contributed by atoms with Gasteiger partial charge in [0.25, 0.3) is 5.91 Å². The Morgan fingerprint density at radius 2 is 1.80 bits per heavy atom. The molecule has 0 unspecified atom stereocenters. The molecule has 20 heteroatoms. The molecule has 5 aliphatic rings. The van der Waals surface area contributed by atoms with Crippen molar-refractivity contribution in [3.63, 3.8) is 0 Å². The minimum Gasteiger partial charge on any atom is -0.444 e. The number of aromatic nitrogens is 1. The molecule has 3 fully saturated rings. The van der Waals surface area contributed by atoms with Gasteiger partial charge in [-0.2, -0.15) is 0 Å². The third kappa shape index (κ3) is 9.08. The summed E-state index contributed by atoms with van der Waals surface area (Å²) in [6.07, 6.45) is 1.01. The number of benzene rings is 2. The van der Waals surface area contributed by atoms with Crippen LogP contribution in [-0.4, -0.2) is 88.9 Å². The number of fused-ring (bicyclic) bond motifs is 3. The van der Waals surface area contributed by atoms with Crippen LogP contribution in [0.5, 0.6) is 5.75 Å². The van der Waals surface area contributed by atoms with E-state index in [0.29, 0.717) is 59.6 Å². The number of amides is 4. The van der Waals surface area contributed by atoms with Crippen LogP contribution < -0.4 is 20.1 Å². The van der Waals surface area contributed by atoms with Gasteiger partial charge in [-0.1, -0.05) is 37.1 Å². The standard InChI is InChI=1S/C40H42F4N6O8S2/c41-30-9-6-7-24-19-49(21-29(24)30)38(54)57-27-17-33-34(51)47-39(36(53)48-60(55,56)28-15-16-28)18-25(39)8-4-2-1-3-5-10-31(35(52)50(33)20-27)45-37-46-32(22-59-37)23-11-13-26(14-12-23)58-40(42,43)44/h4,6-9,11-14,22,25,27-28,31,33H,1-3,5,10,15-21H2,(H,45,46)(H,47,51)(H,48,53)/t25-,27-,31+,33+,39-/m1/s1. The predicted octanol–water partition coefficient (Wildman–Crippen LogP) is 5.75. The van der Waals surface area contributed by atoms with Crippen LogP contribution in [0.4, 0.5) is 27.5 Å². The van der Waals surface area contributed by atoms with E-state index in [2.05, 4.69) is 25.1 Å². The highest BCUT2D eigenvalue weighted by Gasteiger charge is 2.62. The highest BCUT2D eigenvalue weighted by atomic mass is 32.2. The first-order valence-electron chi connectivity index (χ1n) is 19.7. The first kappa shape index (κ1) is 41.5. The van der Waals surface area contributed by atoms with Crippen LogP contribution in [-0.2, 0) is 42.2 Å². The number of ether oxygens (including phenoxy) is 2. The largest absolute Gasteiger partial charge is 0.573 e. The molecule has 1 aromatic heterocycles. The molecule has 0 radical (unpaired) electrons.